The van der Waals surface area contributed by atoms with Crippen LogP contribution in [0.3, 0.4) is 0 Å². The van der Waals surface area contributed by atoms with Crippen LogP contribution in [0.5, 0.6) is 5.75 Å². The molecule has 0 atom stereocenters. The number of carbonyl (C=O) groups excluding carboxylic acids is 1. The molecule has 0 aliphatic heterocycles. The third-order valence-corrected chi connectivity index (χ3v) is 3.11. The first-order chi connectivity index (χ1) is 8.79. The Bertz CT molecular complexity index is 494. The number of amides is 1. The number of nitrogens with two attached hydrogens (primary N) is 1. The van der Waals surface area contributed by atoms with Gasteiger partial charge in [0.25, 0.3) is 5.91 Å². The van der Waals surface area contributed by atoms with Crippen LogP contribution >= 0.6 is 11.3 Å². The molecule has 1 heterocycles. The Morgan fingerprint density at radius 3 is 2.67 bits per heavy atom. The van der Waals surface area contributed by atoms with Crippen LogP contribution in [0.2, 0.25) is 0 Å². The number of nitrogens with one attached hydrogen (secondary N) is 1. The molecule has 1 amide bonds. The number of hydrogen-bond donors (Lipinski definition) is 2. The maximum Gasteiger partial charge on any atom is 0.265 e. The number of hydrogen-bond acceptors (Lipinski definition) is 4. The largest absolute Gasteiger partial charge is 0.492 e. The second-order valence-corrected chi connectivity index (χ2v) is 4.54. The van der Waals surface area contributed by atoms with Crippen LogP contribution in [0.4, 0.5) is 5.69 Å². The van der Waals surface area contributed by atoms with Gasteiger partial charge in [-0.1, -0.05) is 6.07 Å². The summed E-state index contributed by atoms with van der Waals surface area (Å²) in [7, 11) is 0. The van der Waals surface area contributed by atoms with Crippen molar-refractivity contribution in [3.63, 3.8) is 0 Å². The Morgan fingerprint density at radius 1 is 1.28 bits per heavy atom. The maximum absolute atomic E-state index is 11.8. The van der Waals surface area contributed by atoms with E-state index in [0.29, 0.717) is 18.0 Å². The van der Waals surface area contributed by atoms with Crippen molar-refractivity contribution in [2.24, 2.45) is 5.73 Å². The molecule has 0 saturated heterocycles. The van der Waals surface area contributed by atoms with Crippen LogP contribution in [-0.2, 0) is 0 Å². The Labute approximate surface area is 109 Å². The fourth-order valence-electron chi connectivity index (χ4n) is 1.41. The first-order valence-corrected chi connectivity index (χ1v) is 6.45. The highest BCUT2D eigenvalue weighted by atomic mass is 32.1. The molecular weight excluding hydrogens is 248 g/mol. The molecule has 1 aromatic heterocycles. The molecule has 3 N–H and O–H groups in total. The second-order valence-electron chi connectivity index (χ2n) is 3.59. The lowest BCUT2D eigenvalue weighted by Gasteiger charge is -2.06. The normalized spacial score (nSPS) is 10.1. The number of ether oxygens (including phenoxy) is 1. The predicted molar refractivity (Wildman–Crippen MR) is 73.3 cm³/mol. The highest BCUT2D eigenvalue weighted by Gasteiger charge is 2.06. The fraction of sp³-hybridized carbons (Fsp3) is 0.154. The highest BCUT2D eigenvalue weighted by molar-refractivity contribution is 7.12. The van der Waals surface area contributed by atoms with E-state index in [-0.39, 0.29) is 5.91 Å². The minimum atomic E-state index is -0.0966. The van der Waals surface area contributed by atoms with Crippen molar-refractivity contribution in [1.82, 2.24) is 0 Å². The topological polar surface area (TPSA) is 64.3 Å². The van der Waals surface area contributed by atoms with E-state index in [1.165, 1.54) is 11.3 Å². The van der Waals surface area contributed by atoms with Gasteiger partial charge in [-0.05, 0) is 35.7 Å². The van der Waals surface area contributed by atoms with Crippen molar-refractivity contribution in [3.8, 4) is 5.75 Å². The lowest BCUT2D eigenvalue weighted by molar-refractivity contribution is 0.103. The second kappa shape index (κ2) is 6.18. The number of carbonyl (C=O) groups is 1. The Kier molecular flexibility index (Phi) is 4.33. The summed E-state index contributed by atoms with van der Waals surface area (Å²) in [6, 6.07) is 10.9. The van der Waals surface area contributed by atoms with Gasteiger partial charge in [-0.25, -0.2) is 0 Å². The monoisotopic (exact) mass is 262 g/mol. The van der Waals surface area contributed by atoms with Crippen molar-refractivity contribution in [1.29, 1.82) is 0 Å². The summed E-state index contributed by atoms with van der Waals surface area (Å²) in [5, 5.41) is 4.69. The Morgan fingerprint density at radius 2 is 2.06 bits per heavy atom. The van der Waals surface area contributed by atoms with Crippen LogP contribution in [0.1, 0.15) is 9.67 Å². The first kappa shape index (κ1) is 12.6. The predicted octanol–water partition coefficient (Wildman–Crippen LogP) is 2.34. The van der Waals surface area contributed by atoms with Gasteiger partial charge in [0.15, 0.2) is 0 Å². The van der Waals surface area contributed by atoms with Gasteiger partial charge in [-0.15, -0.1) is 11.3 Å². The molecule has 0 fully saturated rings. The molecule has 4 nitrogen and oxygen atoms in total. The summed E-state index contributed by atoms with van der Waals surface area (Å²) in [5.41, 5.74) is 6.09. The molecule has 0 saturated carbocycles. The SMILES string of the molecule is NCCOc1ccc(NC(=O)c2cccs2)cc1. The zero-order chi connectivity index (χ0) is 12.8. The molecule has 5 heteroatoms. The molecule has 0 unspecified atom stereocenters. The molecule has 0 aliphatic rings. The van der Waals surface area contributed by atoms with Crippen LogP contribution in [0, 0.1) is 0 Å². The van der Waals surface area contributed by atoms with Crippen LogP contribution in [0.15, 0.2) is 41.8 Å². The van der Waals surface area contributed by atoms with Crippen LogP contribution in [-0.4, -0.2) is 19.1 Å². The molecule has 0 aliphatic carbocycles. The summed E-state index contributed by atoms with van der Waals surface area (Å²) in [6.45, 7) is 0.970. The molecule has 0 radical (unpaired) electrons. The standard InChI is InChI=1S/C13H14N2O2S/c14-7-8-17-11-5-3-10(4-6-11)15-13(16)12-2-1-9-18-12/h1-6,9H,7-8,14H2,(H,15,16). The van der Waals surface area contributed by atoms with Crippen LogP contribution < -0.4 is 15.8 Å². The third-order valence-electron chi connectivity index (χ3n) is 2.24. The molecule has 0 bridgehead atoms. The number of anilines is 1. The lowest BCUT2D eigenvalue weighted by atomic mass is 10.3. The van der Waals surface area contributed by atoms with Gasteiger partial charge >= 0.3 is 0 Å². The zero-order valence-corrected chi connectivity index (χ0v) is 10.6. The maximum atomic E-state index is 11.8. The Balaban J connectivity index is 1.96. The van der Waals surface area contributed by atoms with E-state index < -0.39 is 0 Å². The van der Waals surface area contributed by atoms with Gasteiger partial charge in [0.1, 0.15) is 12.4 Å². The number of rotatable bonds is 5. The zero-order valence-electron chi connectivity index (χ0n) is 9.76. The summed E-state index contributed by atoms with van der Waals surface area (Å²) in [6.07, 6.45) is 0. The van der Waals surface area contributed by atoms with Gasteiger partial charge in [-0.2, -0.15) is 0 Å². The third kappa shape index (κ3) is 3.32. The highest BCUT2D eigenvalue weighted by Crippen LogP contribution is 2.17. The van der Waals surface area contributed by atoms with E-state index in [9.17, 15) is 4.79 Å². The van der Waals surface area contributed by atoms with Crippen molar-refractivity contribution >= 4 is 22.9 Å². The summed E-state index contributed by atoms with van der Waals surface area (Å²) in [5.74, 6) is 0.648. The van der Waals surface area contributed by atoms with E-state index in [4.69, 9.17) is 10.5 Å². The van der Waals surface area contributed by atoms with Crippen molar-refractivity contribution in [3.05, 3.63) is 46.7 Å². The fourth-order valence-corrected chi connectivity index (χ4v) is 2.03. The molecule has 2 aromatic rings. The van der Waals surface area contributed by atoms with Gasteiger partial charge in [-0.3, -0.25) is 4.79 Å². The van der Waals surface area contributed by atoms with Crippen LogP contribution in [0.25, 0.3) is 0 Å². The summed E-state index contributed by atoms with van der Waals surface area (Å²) >= 11 is 1.41. The van der Waals surface area contributed by atoms with Crippen molar-refractivity contribution in [2.75, 3.05) is 18.5 Å². The molecule has 18 heavy (non-hydrogen) atoms. The van der Waals surface area contributed by atoms with Gasteiger partial charge in [0.2, 0.25) is 0 Å². The molecule has 1 aromatic carbocycles. The molecule has 94 valence electrons. The summed E-state index contributed by atoms with van der Waals surface area (Å²) < 4.78 is 5.35. The van der Waals surface area contributed by atoms with E-state index in [0.717, 1.165) is 11.4 Å². The van der Waals surface area contributed by atoms with Gasteiger partial charge < -0.3 is 15.8 Å². The summed E-state index contributed by atoms with van der Waals surface area (Å²) in [4.78, 5) is 12.5. The van der Waals surface area contributed by atoms with E-state index in [2.05, 4.69) is 5.32 Å². The minimum Gasteiger partial charge on any atom is -0.492 e. The van der Waals surface area contributed by atoms with Gasteiger partial charge in [0, 0.05) is 12.2 Å². The minimum absolute atomic E-state index is 0.0966. The smallest absolute Gasteiger partial charge is 0.265 e. The lowest BCUT2D eigenvalue weighted by Crippen LogP contribution is -2.11. The van der Waals surface area contributed by atoms with E-state index in [1.807, 2.05) is 11.4 Å². The van der Waals surface area contributed by atoms with E-state index >= 15 is 0 Å². The molecule has 0 spiro atoms. The van der Waals surface area contributed by atoms with Crippen molar-refractivity contribution < 1.29 is 9.53 Å². The molecule has 2 rings (SSSR count). The molecular formula is C13H14N2O2S. The quantitative estimate of drug-likeness (QED) is 0.869. The average molecular weight is 262 g/mol. The first-order valence-electron chi connectivity index (χ1n) is 5.57. The van der Waals surface area contributed by atoms with Gasteiger partial charge in [0.05, 0.1) is 4.88 Å². The average Bonchev–Trinajstić information content (AvgIpc) is 2.92. The number of benzene rings is 1. The Hall–Kier alpha value is -1.85. The van der Waals surface area contributed by atoms with E-state index in [1.54, 1.807) is 30.3 Å². The van der Waals surface area contributed by atoms with Crippen molar-refractivity contribution in [2.45, 2.75) is 0 Å². The number of thiophene rings is 1.